The molecule has 1 N–H and O–H groups in total. The fraction of sp³-hybridized carbons (Fsp3) is 0.750. The number of rotatable bonds is 4. The van der Waals surface area contributed by atoms with Crippen molar-refractivity contribution in [1.29, 1.82) is 0 Å². The van der Waals surface area contributed by atoms with Crippen LogP contribution in [-0.2, 0) is 9.53 Å². The Balaban J connectivity index is 2.01. The van der Waals surface area contributed by atoms with Crippen LogP contribution in [0, 0.1) is 13.8 Å². The number of nitrogens with one attached hydrogen (secondary N) is 1. The Morgan fingerprint density at radius 2 is 2.24 bits per heavy atom. The van der Waals surface area contributed by atoms with E-state index in [1.54, 1.807) is 7.11 Å². The zero-order chi connectivity index (χ0) is 15.6. The molecular weight excluding hydrogens is 266 g/mol. The molecule has 2 heterocycles. The summed E-state index contributed by atoms with van der Waals surface area (Å²) in [6.45, 7) is 9.72. The van der Waals surface area contributed by atoms with E-state index in [4.69, 9.17) is 4.74 Å². The molecule has 0 saturated carbocycles. The second-order valence-electron chi connectivity index (χ2n) is 6.53. The van der Waals surface area contributed by atoms with Gasteiger partial charge in [0.05, 0.1) is 11.3 Å². The van der Waals surface area contributed by atoms with Crippen molar-refractivity contribution in [1.82, 2.24) is 15.1 Å². The molecule has 0 spiro atoms. The maximum absolute atomic E-state index is 12.6. The molecule has 2 unspecified atom stereocenters. The maximum atomic E-state index is 12.6. The van der Waals surface area contributed by atoms with E-state index in [2.05, 4.69) is 24.0 Å². The first-order valence-electron chi connectivity index (χ1n) is 7.70. The first kappa shape index (κ1) is 16.0. The first-order valence-corrected chi connectivity index (χ1v) is 7.70. The van der Waals surface area contributed by atoms with Gasteiger partial charge in [0, 0.05) is 32.3 Å². The summed E-state index contributed by atoms with van der Waals surface area (Å²) in [5, 5.41) is 7.22. The lowest BCUT2D eigenvalue weighted by Crippen LogP contribution is -2.49. The van der Waals surface area contributed by atoms with Crippen molar-refractivity contribution >= 4 is 5.91 Å². The molecule has 1 fully saturated rings. The van der Waals surface area contributed by atoms with Crippen molar-refractivity contribution in [3.05, 3.63) is 17.0 Å². The van der Waals surface area contributed by atoms with Crippen molar-refractivity contribution in [2.75, 3.05) is 20.2 Å². The van der Waals surface area contributed by atoms with Crippen LogP contribution in [0.1, 0.15) is 56.0 Å². The maximum Gasteiger partial charge on any atom is 0.223 e. The third kappa shape index (κ3) is 3.46. The zero-order valence-corrected chi connectivity index (χ0v) is 13.8. The van der Waals surface area contributed by atoms with Gasteiger partial charge in [-0.25, -0.2) is 0 Å². The number of piperidine rings is 1. The Labute approximate surface area is 127 Å². The highest BCUT2D eigenvalue weighted by molar-refractivity contribution is 5.77. The van der Waals surface area contributed by atoms with Gasteiger partial charge in [0.2, 0.25) is 5.91 Å². The van der Waals surface area contributed by atoms with E-state index in [0.29, 0.717) is 13.0 Å². The van der Waals surface area contributed by atoms with E-state index in [0.717, 1.165) is 30.8 Å². The van der Waals surface area contributed by atoms with Gasteiger partial charge in [0.25, 0.3) is 0 Å². The third-order valence-electron chi connectivity index (χ3n) is 4.66. The number of H-pyrrole nitrogens is 1. The van der Waals surface area contributed by atoms with Crippen LogP contribution < -0.4 is 0 Å². The number of hydrogen-bond donors (Lipinski definition) is 1. The Bertz CT molecular complexity index is 492. The average molecular weight is 293 g/mol. The van der Waals surface area contributed by atoms with Gasteiger partial charge >= 0.3 is 0 Å². The SMILES string of the molecule is COC1(C)CCCN(C(=O)CC(C)c2c(C)n[nH]c2C)C1. The van der Waals surface area contributed by atoms with Crippen LogP contribution in [0.25, 0.3) is 0 Å². The fourth-order valence-electron chi connectivity index (χ4n) is 3.36. The summed E-state index contributed by atoms with van der Waals surface area (Å²) >= 11 is 0. The minimum atomic E-state index is -0.196. The number of ether oxygens (including phenoxy) is 1. The van der Waals surface area contributed by atoms with Gasteiger partial charge in [-0.05, 0) is 45.1 Å². The lowest BCUT2D eigenvalue weighted by atomic mass is 9.92. The quantitative estimate of drug-likeness (QED) is 0.928. The van der Waals surface area contributed by atoms with Crippen LogP contribution in [0.5, 0.6) is 0 Å². The van der Waals surface area contributed by atoms with Crippen LogP contribution in [0.2, 0.25) is 0 Å². The molecule has 2 atom stereocenters. The van der Waals surface area contributed by atoms with Crippen LogP contribution in [-0.4, -0.2) is 46.8 Å². The Kier molecular flexibility index (Phi) is 4.71. The lowest BCUT2D eigenvalue weighted by molar-refractivity contribution is -0.139. The molecule has 1 aliphatic rings. The number of hydrogen-bond acceptors (Lipinski definition) is 3. The molecule has 1 aromatic heterocycles. The summed E-state index contributed by atoms with van der Waals surface area (Å²) in [5.74, 6) is 0.400. The molecule has 2 rings (SSSR count). The molecule has 118 valence electrons. The number of carbonyl (C=O) groups is 1. The molecule has 1 amide bonds. The molecule has 0 aromatic carbocycles. The molecule has 0 bridgehead atoms. The number of amides is 1. The highest BCUT2D eigenvalue weighted by atomic mass is 16.5. The summed E-state index contributed by atoms with van der Waals surface area (Å²) < 4.78 is 5.57. The van der Waals surface area contributed by atoms with E-state index in [1.807, 2.05) is 18.7 Å². The first-order chi connectivity index (χ1) is 9.86. The number of nitrogens with zero attached hydrogens (tertiary/aromatic N) is 2. The molecular formula is C16H27N3O2. The minimum absolute atomic E-state index is 0.187. The van der Waals surface area contributed by atoms with E-state index in [-0.39, 0.29) is 17.4 Å². The van der Waals surface area contributed by atoms with Gasteiger partial charge in [0.1, 0.15) is 0 Å². The molecule has 1 saturated heterocycles. The van der Waals surface area contributed by atoms with Gasteiger partial charge in [0.15, 0.2) is 0 Å². The molecule has 0 radical (unpaired) electrons. The highest BCUT2D eigenvalue weighted by Gasteiger charge is 2.33. The van der Waals surface area contributed by atoms with Crippen molar-refractivity contribution in [2.24, 2.45) is 0 Å². The van der Waals surface area contributed by atoms with Crippen molar-refractivity contribution in [3.8, 4) is 0 Å². The summed E-state index contributed by atoms with van der Waals surface area (Å²) in [4.78, 5) is 14.5. The summed E-state index contributed by atoms with van der Waals surface area (Å²) in [6, 6.07) is 0. The monoisotopic (exact) mass is 293 g/mol. The summed E-state index contributed by atoms with van der Waals surface area (Å²) in [7, 11) is 1.73. The van der Waals surface area contributed by atoms with Gasteiger partial charge in [-0.1, -0.05) is 6.92 Å². The van der Waals surface area contributed by atoms with E-state index in [1.165, 1.54) is 5.56 Å². The molecule has 1 aliphatic heterocycles. The fourth-order valence-corrected chi connectivity index (χ4v) is 3.36. The summed E-state index contributed by atoms with van der Waals surface area (Å²) in [6.07, 6.45) is 2.55. The number of methoxy groups -OCH3 is 1. The van der Waals surface area contributed by atoms with Crippen LogP contribution in [0.4, 0.5) is 0 Å². The molecule has 1 aromatic rings. The van der Waals surface area contributed by atoms with Crippen molar-refractivity contribution < 1.29 is 9.53 Å². The van der Waals surface area contributed by atoms with Crippen LogP contribution in [0.3, 0.4) is 0 Å². The van der Waals surface area contributed by atoms with Gasteiger partial charge < -0.3 is 9.64 Å². The Hall–Kier alpha value is -1.36. The molecule has 5 heteroatoms. The molecule has 0 aliphatic carbocycles. The number of aryl methyl sites for hydroxylation is 2. The van der Waals surface area contributed by atoms with Crippen molar-refractivity contribution in [2.45, 2.75) is 58.5 Å². The number of likely N-dealkylation sites (tertiary alicyclic amines) is 1. The number of aromatic amines is 1. The predicted molar refractivity (Wildman–Crippen MR) is 82.3 cm³/mol. The lowest BCUT2D eigenvalue weighted by Gasteiger charge is -2.39. The molecule has 5 nitrogen and oxygen atoms in total. The van der Waals surface area contributed by atoms with Gasteiger partial charge in [-0.15, -0.1) is 0 Å². The zero-order valence-electron chi connectivity index (χ0n) is 13.8. The van der Waals surface area contributed by atoms with Gasteiger partial charge in [-0.2, -0.15) is 5.10 Å². The number of carbonyl (C=O) groups excluding carboxylic acids is 1. The van der Waals surface area contributed by atoms with E-state index in [9.17, 15) is 4.79 Å². The predicted octanol–water partition coefficient (Wildman–Crippen LogP) is 2.55. The van der Waals surface area contributed by atoms with Crippen LogP contribution in [0.15, 0.2) is 0 Å². The van der Waals surface area contributed by atoms with E-state index >= 15 is 0 Å². The highest BCUT2D eigenvalue weighted by Crippen LogP contribution is 2.28. The second kappa shape index (κ2) is 6.18. The Morgan fingerprint density at radius 1 is 1.52 bits per heavy atom. The third-order valence-corrected chi connectivity index (χ3v) is 4.66. The number of aromatic nitrogens is 2. The average Bonchev–Trinajstić information content (AvgIpc) is 2.78. The topological polar surface area (TPSA) is 58.2 Å². The Morgan fingerprint density at radius 3 is 2.81 bits per heavy atom. The summed E-state index contributed by atoms with van der Waals surface area (Å²) in [5.41, 5.74) is 3.04. The minimum Gasteiger partial charge on any atom is -0.377 e. The molecule has 21 heavy (non-hydrogen) atoms. The second-order valence-corrected chi connectivity index (χ2v) is 6.53. The van der Waals surface area contributed by atoms with Crippen LogP contribution >= 0.6 is 0 Å². The van der Waals surface area contributed by atoms with Crippen molar-refractivity contribution in [3.63, 3.8) is 0 Å². The van der Waals surface area contributed by atoms with E-state index < -0.39 is 0 Å². The standard InChI is InChI=1S/C16H27N3O2/c1-11(15-12(2)17-18-13(15)3)9-14(20)19-8-6-7-16(4,10-19)21-5/h11H,6-10H2,1-5H3,(H,17,18). The normalized spacial score (nSPS) is 24.1. The van der Waals surface area contributed by atoms with Gasteiger partial charge in [-0.3, -0.25) is 9.89 Å². The smallest absolute Gasteiger partial charge is 0.223 e. The largest absolute Gasteiger partial charge is 0.377 e.